The molecule has 2 atom stereocenters. The number of amides is 2. The maximum atomic E-state index is 12.8. The van der Waals surface area contributed by atoms with Crippen LogP contribution in [0.15, 0.2) is 18.2 Å². The summed E-state index contributed by atoms with van der Waals surface area (Å²) in [7, 11) is 1.73. The Hall–Kier alpha value is -0.680. The summed E-state index contributed by atoms with van der Waals surface area (Å²) in [6.45, 7) is 0.627. The van der Waals surface area contributed by atoms with Gasteiger partial charge in [-0.05, 0) is 43.4 Å². The molecule has 0 spiro atoms. The summed E-state index contributed by atoms with van der Waals surface area (Å²) in [5, 5.41) is 0. The number of nitrogens with zero attached hydrogens (tertiary/aromatic N) is 2. The third-order valence-corrected chi connectivity index (χ3v) is 7.10. The topological polar surface area (TPSA) is 40.6 Å². The standard InChI is InChI=1S/C18H18Cl4N2O2/c1-23(15(25)11-8-17(11,19)20)13-5-2-6-14-10(13)4-3-7-24(14)16(26)12-9-18(12,21)22/h2,5-6,11-12H,3-4,7-9H2,1H3/t11-,12+/m0/s1. The molecule has 3 aliphatic rings. The van der Waals surface area contributed by atoms with Crippen LogP contribution in [0.1, 0.15) is 24.8 Å². The van der Waals surface area contributed by atoms with Crippen molar-refractivity contribution in [2.24, 2.45) is 11.8 Å². The predicted octanol–water partition coefficient (Wildman–Crippen LogP) is 4.32. The Morgan fingerprint density at radius 3 is 2.31 bits per heavy atom. The van der Waals surface area contributed by atoms with Gasteiger partial charge < -0.3 is 9.80 Å². The van der Waals surface area contributed by atoms with Gasteiger partial charge in [0.05, 0.1) is 11.8 Å². The molecule has 2 aliphatic carbocycles. The molecule has 1 aromatic rings. The fourth-order valence-electron chi connectivity index (χ4n) is 3.65. The first-order chi connectivity index (χ1) is 12.1. The van der Waals surface area contributed by atoms with E-state index in [2.05, 4.69) is 0 Å². The first kappa shape index (κ1) is 18.7. The molecule has 0 N–H and O–H groups in total. The van der Waals surface area contributed by atoms with Crippen molar-refractivity contribution in [2.45, 2.75) is 34.3 Å². The number of carbonyl (C=O) groups is 2. The predicted molar refractivity (Wildman–Crippen MR) is 106 cm³/mol. The van der Waals surface area contributed by atoms with Gasteiger partial charge in [0.25, 0.3) is 0 Å². The first-order valence-corrected chi connectivity index (χ1v) is 10.1. The van der Waals surface area contributed by atoms with Crippen molar-refractivity contribution in [3.05, 3.63) is 23.8 Å². The quantitative estimate of drug-likeness (QED) is 0.663. The van der Waals surface area contributed by atoms with Crippen LogP contribution in [0.3, 0.4) is 0 Å². The van der Waals surface area contributed by atoms with Gasteiger partial charge in [-0.15, -0.1) is 46.4 Å². The monoisotopic (exact) mass is 434 g/mol. The molecule has 0 unspecified atom stereocenters. The van der Waals surface area contributed by atoms with Crippen LogP contribution < -0.4 is 9.80 Å². The molecule has 1 aliphatic heterocycles. The van der Waals surface area contributed by atoms with Crippen LogP contribution in [0.2, 0.25) is 0 Å². The second kappa shape index (κ2) is 6.16. The molecule has 0 radical (unpaired) electrons. The van der Waals surface area contributed by atoms with Crippen molar-refractivity contribution in [2.75, 3.05) is 23.4 Å². The Labute approximate surface area is 172 Å². The van der Waals surface area contributed by atoms with Crippen molar-refractivity contribution in [1.29, 1.82) is 0 Å². The molecule has 2 amide bonds. The van der Waals surface area contributed by atoms with Crippen LogP contribution in [0.25, 0.3) is 0 Å². The Morgan fingerprint density at radius 1 is 1.12 bits per heavy atom. The van der Waals surface area contributed by atoms with Crippen LogP contribution in [0.4, 0.5) is 11.4 Å². The molecule has 4 rings (SSSR count). The van der Waals surface area contributed by atoms with Gasteiger partial charge in [-0.3, -0.25) is 9.59 Å². The van der Waals surface area contributed by atoms with E-state index in [1.807, 2.05) is 18.2 Å². The van der Waals surface area contributed by atoms with Crippen LogP contribution in [0, 0.1) is 11.8 Å². The lowest BCUT2D eigenvalue weighted by molar-refractivity contribution is -0.120. The minimum atomic E-state index is -0.960. The van der Waals surface area contributed by atoms with Crippen molar-refractivity contribution < 1.29 is 9.59 Å². The van der Waals surface area contributed by atoms with E-state index in [1.165, 1.54) is 0 Å². The number of fused-ring (bicyclic) bond motifs is 1. The normalized spacial score (nSPS) is 27.5. The summed E-state index contributed by atoms with van der Waals surface area (Å²) in [5.74, 6) is -0.897. The molecule has 26 heavy (non-hydrogen) atoms. The minimum absolute atomic E-state index is 0.0511. The molecule has 4 nitrogen and oxygen atoms in total. The van der Waals surface area contributed by atoms with Gasteiger partial charge in [-0.1, -0.05) is 6.07 Å². The van der Waals surface area contributed by atoms with Gasteiger partial charge in [-0.25, -0.2) is 0 Å². The van der Waals surface area contributed by atoms with Gasteiger partial charge in [0.1, 0.15) is 8.67 Å². The van der Waals surface area contributed by atoms with E-state index in [1.54, 1.807) is 16.8 Å². The van der Waals surface area contributed by atoms with E-state index in [0.717, 1.165) is 29.8 Å². The van der Waals surface area contributed by atoms with Gasteiger partial charge in [0.2, 0.25) is 11.8 Å². The molecular weight excluding hydrogens is 418 g/mol. The van der Waals surface area contributed by atoms with Crippen molar-refractivity contribution in [3.63, 3.8) is 0 Å². The summed E-state index contributed by atoms with van der Waals surface area (Å²) >= 11 is 24.3. The van der Waals surface area contributed by atoms with E-state index in [0.29, 0.717) is 19.4 Å². The number of rotatable bonds is 3. The molecule has 0 bridgehead atoms. The van der Waals surface area contributed by atoms with Gasteiger partial charge in [0, 0.05) is 25.0 Å². The summed E-state index contributed by atoms with van der Waals surface area (Å²) in [6.07, 6.45) is 2.56. The average Bonchev–Trinajstić information content (AvgIpc) is 3.45. The van der Waals surface area contributed by atoms with Crippen molar-refractivity contribution >= 4 is 69.6 Å². The maximum absolute atomic E-state index is 12.8. The molecule has 2 saturated carbocycles. The summed E-state index contributed by atoms with van der Waals surface area (Å²) in [4.78, 5) is 28.8. The smallest absolute Gasteiger partial charge is 0.233 e. The van der Waals surface area contributed by atoms with Gasteiger partial charge in [-0.2, -0.15) is 0 Å². The van der Waals surface area contributed by atoms with Gasteiger partial charge >= 0.3 is 0 Å². The summed E-state index contributed by atoms with van der Waals surface area (Å²) < 4.78 is -1.91. The second-order valence-corrected chi connectivity index (χ2v) is 10.4. The molecule has 0 aromatic heterocycles. The lowest BCUT2D eigenvalue weighted by Crippen LogP contribution is -2.38. The zero-order valence-electron chi connectivity index (χ0n) is 14.1. The van der Waals surface area contributed by atoms with Gasteiger partial charge in [0.15, 0.2) is 0 Å². The molecular formula is C18H18Cl4N2O2. The van der Waals surface area contributed by atoms with Crippen LogP contribution in [0.5, 0.6) is 0 Å². The largest absolute Gasteiger partial charge is 0.315 e. The number of alkyl halides is 4. The molecule has 0 saturated heterocycles. The average molecular weight is 436 g/mol. The SMILES string of the molecule is CN(C(=O)[C@@H]1CC1(Cl)Cl)c1cccc2c1CCCN2C(=O)[C@H]1CC1(Cl)Cl. The Bertz CT molecular complexity index is 781. The highest BCUT2D eigenvalue weighted by atomic mass is 35.5. The lowest BCUT2D eigenvalue weighted by Gasteiger charge is -2.33. The molecule has 2 fully saturated rings. The van der Waals surface area contributed by atoms with Crippen molar-refractivity contribution in [3.8, 4) is 0 Å². The molecule has 140 valence electrons. The van der Waals surface area contributed by atoms with E-state index in [4.69, 9.17) is 46.4 Å². The number of anilines is 2. The zero-order valence-corrected chi connectivity index (χ0v) is 17.2. The van der Waals surface area contributed by atoms with E-state index >= 15 is 0 Å². The van der Waals surface area contributed by atoms with Crippen LogP contribution >= 0.6 is 46.4 Å². The number of carbonyl (C=O) groups excluding carboxylic acids is 2. The highest BCUT2D eigenvalue weighted by Crippen LogP contribution is 2.55. The summed E-state index contributed by atoms with van der Waals surface area (Å²) in [6, 6.07) is 5.65. The maximum Gasteiger partial charge on any atom is 0.233 e. The second-order valence-electron chi connectivity index (χ2n) is 7.30. The highest BCUT2D eigenvalue weighted by molar-refractivity contribution is 6.53. The first-order valence-electron chi connectivity index (χ1n) is 8.60. The van der Waals surface area contributed by atoms with E-state index in [-0.39, 0.29) is 23.7 Å². The summed E-state index contributed by atoms with van der Waals surface area (Å²) in [5.41, 5.74) is 2.60. The Kier molecular flexibility index (Phi) is 4.43. The zero-order chi connectivity index (χ0) is 18.9. The molecule has 1 heterocycles. The third kappa shape index (κ3) is 3.09. The highest BCUT2D eigenvalue weighted by Gasteiger charge is 2.58. The van der Waals surface area contributed by atoms with Crippen LogP contribution in [-0.4, -0.2) is 34.1 Å². The minimum Gasteiger partial charge on any atom is -0.315 e. The fourth-order valence-corrected chi connectivity index (χ4v) is 4.64. The van der Waals surface area contributed by atoms with E-state index < -0.39 is 8.67 Å². The Balaban J connectivity index is 1.62. The fraction of sp³-hybridized carbons (Fsp3) is 0.556. The molecule has 1 aromatic carbocycles. The van der Waals surface area contributed by atoms with Crippen molar-refractivity contribution in [1.82, 2.24) is 0 Å². The Morgan fingerprint density at radius 2 is 1.73 bits per heavy atom. The van der Waals surface area contributed by atoms with Crippen LogP contribution in [-0.2, 0) is 16.0 Å². The molecule has 8 heteroatoms. The third-order valence-electron chi connectivity index (χ3n) is 5.43. The number of hydrogen-bond acceptors (Lipinski definition) is 2. The van der Waals surface area contributed by atoms with E-state index in [9.17, 15) is 9.59 Å². The lowest BCUT2D eigenvalue weighted by atomic mass is 9.98. The number of halogens is 4. The number of benzene rings is 1. The number of hydrogen-bond donors (Lipinski definition) is 0.